The second-order valence-electron chi connectivity index (χ2n) is 6.38. The van der Waals surface area contributed by atoms with Gasteiger partial charge in [-0.3, -0.25) is 0 Å². The summed E-state index contributed by atoms with van der Waals surface area (Å²) < 4.78 is 11.1. The zero-order chi connectivity index (χ0) is 19.2. The molecule has 144 valence electrons. The van der Waals surface area contributed by atoms with E-state index in [1.54, 1.807) is 29.8 Å². The van der Waals surface area contributed by atoms with Crippen LogP contribution in [0.5, 0.6) is 11.5 Å². The first kappa shape index (κ1) is 19.9. The summed E-state index contributed by atoms with van der Waals surface area (Å²) in [7, 11) is 1.67. The number of rotatable bonds is 9. The van der Waals surface area contributed by atoms with Gasteiger partial charge < -0.3 is 14.8 Å². The number of nitrogens with one attached hydrogen (secondary N) is 1. The van der Waals surface area contributed by atoms with Gasteiger partial charge in [-0.2, -0.15) is 11.3 Å². The average Bonchev–Trinajstić information content (AvgIpc) is 3.29. The van der Waals surface area contributed by atoms with E-state index in [2.05, 4.69) is 48.1 Å². The molecule has 3 aromatic rings. The Kier molecular flexibility index (Phi) is 6.88. The van der Waals surface area contributed by atoms with Gasteiger partial charge in [0.25, 0.3) is 0 Å². The molecule has 1 atom stereocenters. The number of hydrogen-bond donors (Lipinski definition) is 1. The average molecular weight is 403 g/mol. The molecule has 2 heterocycles. The van der Waals surface area contributed by atoms with Crippen molar-refractivity contribution in [1.82, 2.24) is 10.3 Å². The Balaban J connectivity index is 1.77. The van der Waals surface area contributed by atoms with Crippen LogP contribution in [-0.4, -0.2) is 18.7 Å². The van der Waals surface area contributed by atoms with Crippen molar-refractivity contribution >= 4 is 22.7 Å². The molecule has 4 nitrogen and oxygen atoms in total. The van der Waals surface area contributed by atoms with E-state index in [9.17, 15) is 0 Å². The zero-order valence-corrected chi connectivity index (χ0v) is 17.9. The van der Waals surface area contributed by atoms with Crippen molar-refractivity contribution in [2.24, 2.45) is 0 Å². The number of ether oxygens (including phenoxy) is 2. The van der Waals surface area contributed by atoms with Gasteiger partial charge in [0.15, 0.2) is 11.5 Å². The molecule has 0 saturated heterocycles. The number of thiazole rings is 1. The standard InChI is InChI=1S/C21H26N2O2S2/c1-5-25-20-11-16(6-7-19(20)24-4)12-22-18(10-17-8-9-26-13-17)21-23-14(2)15(3)27-21/h6-9,11,13,18,22H,5,10,12H2,1-4H3/t18-/m0/s1. The van der Waals surface area contributed by atoms with Gasteiger partial charge in [-0.1, -0.05) is 6.07 Å². The minimum absolute atomic E-state index is 0.189. The fourth-order valence-corrected chi connectivity index (χ4v) is 4.56. The van der Waals surface area contributed by atoms with E-state index in [0.717, 1.165) is 35.2 Å². The molecule has 0 radical (unpaired) electrons. The molecule has 0 aliphatic rings. The molecule has 3 rings (SSSR count). The number of hydrogen-bond acceptors (Lipinski definition) is 6. The predicted molar refractivity (Wildman–Crippen MR) is 113 cm³/mol. The summed E-state index contributed by atoms with van der Waals surface area (Å²) in [5.74, 6) is 1.55. The van der Waals surface area contributed by atoms with E-state index in [-0.39, 0.29) is 6.04 Å². The SMILES string of the molecule is CCOc1cc(CN[C@@H](Cc2ccsc2)c2nc(C)c(C)s2)ccc1OC. The second-order valence-corrected chi connectivity index (χ2v) is 8.40. The number of thiophene rings is 1. The van der Waals surface area contributed by atoms with Crippen LogP contribution in [0.2, 0.25) is 0 Å². The predicted octanol–water partition coefficient (Wildman–Crippen LogP) is 5.30. The fraction of sp³-hybridized carbons (Fsp3) is 0.381. The van der Waals surface area contributed by atoms with Gasteiger partial charge in [0.2, 0.25) is 0 Å². The molecule has 0 amide bonds. The van der Waals surface area contributed by atoms with Gasteiger partial charge in [0, 0.05) is 11.4 Å². The molecule has 1 aromatic carbocycles. The Labute approximate surface area is 169 Å². The second kappa shape index (κ2) is 9.35. The number of benzene rings is 1. The molecule has 0 aliphatic heterocycles. The summed E-state index contributed by atoms with van der Waals surface area (Å²) in [4.78, 5) is 6.08. The highest BCUT2D eigenvalue weighted by atomic mass is 32.1. The molecule has 1 N–H and O–H groups in total. The molecule has 2 aromatic heterocycles. The Bertz CT molecular complexity index is 840. The van der Waals surface area contributed by atoms with Gasteiger partial charge >= 0.3 is 0 Å². The lowest BCUT2D eigenvalue weighted by molar-refractivity contribution is 0.310. The topological polar surface area (TPSA) is 43.4 Å². The Morgan fingerprint density at radius 1 is 1.15 bits per heavy atom. The number of methoxy groups -OCH3 is 1. The molecule has 0 saturated carbocycles. The molecule has 0 fully saturated rings. The van der Waals surface area contributed by atoms with Crippen molar-refractivity contribution in [3.05, 3.63) is 61.7 Å². The maximum absolute atomic E-state index is 5.70. The Morgan fingerprint density at radius 2 is 2.00 bits per heavy atom. The van der Waals surface area contributed by atoms with Gasteiger partial charge in [0.05, 0.1) is 25.5 Å². The summed E-state index contributed by atoms with van der Waals surface area (Å²) >= 11 is 3.52. The maximum atomic E-state index is 5.70. The van der Waals surface area contributed by atoms with Crippen molar-refractivity contribution in [3.8, 4) is 11.5 Å². The van der Waals surface area contributed by atoms with Crippen LogP contribution >= 0.6 is 22.7 Å². The third kappa shape index (κ3) is 5.09. The van der Waals surface area contributed by atoms with Crippen molar-refractivity contribution in [3.63, 3.8) is 0 Å². The minimum atomic E-state index is 0.189. The lowest BCUT2D eigenvalue weighted by Crippen LogP contribution is -2.23. The first-order valence-electron chi connectivity index (χ1n) is 9.08. The van der Waals surface area contributed by atoms with Crippen molar-refractivity contribution in [2.75, 3.05) is 13.7 Å². The van der Waals surface area contributed by atoms with Crippen LogP contribution in [0, 0.1) is 13.8 Å². The monoisotopic (exact) mass is 402 g/mol. The molecule has 0 aliphatic carbocycles. The summed E-state index contributed by atoms with van der Waals surface area (Å²) in [6.07, 6.45) is 0.935. The van der Waals surface area contributed by atoms with E-state index in [0.29, 0.717) is 6.61 Å². The molecule has 6 heteroatoms. The van der Waals surface area contributed by atoms with Crippen LogP contribution in [0.1, 0.15) is 39.7 Å². The largest absolute Gasteiger partial charge is 0.493 e. The molecule has 27 heavy (non-hydrogen) atoms. The van der Waals surface area contributed by atoms with E-state index in [1.165, 1.54) is 16.0 Å². The lowest BCUT2D eigenvalue weighted by atomic mass is 10.1. The van der Waals surface area contributed by atoms with Crippen molar-refractivity contribution in [1.29, 1.82) is 0 Å². The maximum Gasteiger partial charge on any atom is 0.161 e. The summed E-state index contributed by atoms with van der Waals surface area (Å²) in [5, 5.41) is 9.18. The van der Waals surface area contributed by atoms with Gasteiger partial charge in [-0.25, -0.2) is 4.98 Å². The van der Waals surface area contributed by atoms with Crippen LogP contribution in [0.3, 0.4) is 0 Å². The summed E-state index contributed by atoms with van der Waals surface area (Å²) in [6, 6.07) is 8.47. The number of nitrogens with zero attached hydrogens (tertiary/aromatic N) is 1. The lowest BCUT2D eigenvalue weighted by Gasteiger charge is -2.17. The Morgan fingerprint density at radius 3 is 2.63 bits per heavy atom. The highest BCUT2D eigenvalue weighted by Crippen LogP contribution is 2.30. The number of aryl methyl sites for hydroxylation is 2. The van der Waals surface area contributed by atoms with Crippen LogP contribution in [0.25, 0.3) is 0 Å². The van der Waals surface area contributed by atoms with Crippen LogP contribution in [0.15, 0.2) is 35.0 Å². The van der Waals surface area contributed by atoms with Crippen LogP contribution < -0.4 is 14.8 Å². The molecule has 0 unspecified atom stereocenters. The van der Waals surface area contributed by atoms with Crippen LogP contribution in [-0.2, 0) is 13.0 Å². The first-order chi connectivity index (χ1) is 13.1. The highest BCUT2D eigenvalue weighted by molar-refractivity contribution is 7.11. The van der Waals surface area contributed by atoms with Crippen molar-refractivity contribution in [2.45, 2.75) is 39.8 Å². The summed E-state index contributed by atoms with van der Waals surface area (Å²) in [6.45, 7) is 7.56. The van der Waals surface area contributed by atoms with Gasteiger partial charge in [-0.15, -0.1) is 11.3 Å². The molecular weight excluding hydrogens is 376 g/mol. The first-order valence-corrected chi connectivity index (χ1v) is 10.8. The van der Waals surface area contributed by atoms with E-state index in [1.807, 2.05) is 13.0 Å². The third-order valence-electron chi connectivity index (χ3n) is 4.44. The molecular formula is C21H26N2O2S2. The quantitative estimate of drug-likeness (QED) is 0.527. The Hall–Kier alpha value is -1.89. The van der Waals surface area contributed by atoms with Crippen LogP contribution in [0.4, 0.5) is 0 Å². The fourth-order valence-electron chi connectivity index (χ4n) is 2.88. The third-order valence-corrected chi connectivity index (χ3v) is 6.36. The van der Waals surface area contributed by atoms with Gasteiger partial charge in [-0.05, 0) is 67.3 Å². The highest BCUT2D eigenvalue weighted by Gasteiger charge is 2.18. The minimum Gasteiger partial charge on any atom is -0.493 e. The van der Waals surface area contributed by atoms with E-state index < -0.39 is 0 Å². The molecule has 0 bridgehead atoms. The smallest absolute Gasteiger partial charge is 0.161 e. The normalized spacial score (nSPS) is 12.1. The zero-order valence-electron chi connectivity index (χ0n) is 16.2. The van der Waals surface area contributed by atoms with Gasteiger partial charge in [0.1, 0.15) is 5.01 Å². The number of aromatic nitrogens is 1. The summed E-state index contributed by atoms with van der Waals surface area (Å²) in [5.41, 5.74) is 3.63. The van der Waals surface area contributed by atoms with E-state index in [4.69, 9.17) is 14.5 Å². The van der Waals surface area contributed by atoms with E-state index >= 15 is 0 Å². The van der Waals surface area contributed by atoms with Crippen molar-refractivity contribution < 1.29 is 9.47 Å². The molecule has 0 spiro atoms.